The topological polar surface area (TPSA) is 68.1 Å². The molecule has 0 unspecified atom stereocenters. The Morgan fingerprint density at radius 1 is 1.62 bits per heavy atom. The monoisotopic (exact) mass is 182 g/mol. The lowest BCUT2D eigenvalue weighted by Gasteiger charge is -2.00. The summed E-state index contributed by atoms with van der Waals surface area (Å²) in [5.41, 5.74) is -0.226. The zero-order valence-electron chi connectivity index (χ0n) is 7.32. The van der Waals surface area contributed by atoms with Crippen LogP contribution in [-0.4, -0.2) is 30.5 Å². The van der Waals surface area contributed by atoms with Crippen LogP contribution >= 0.6 is 0 Å². The Balaban J connectivity index is 2.37. The number of aliphatic imine (C=N–C) groups is 2. The normalized spacial score (nSPS) is 14.5. The maximum Gasteiger partial charge on any atom is 0.362 e. The molecule has 0 aliphatic carbocycles. The van der Waals surface area contributed by atoms with Crippen molar-refractivity contribution in [1.29, 1.82) is 0 Å². The van der Waals surface area contributed by atoms with Crippen LogP contribution in [0.15, 0.2) is 9.98 Å². The number of carbonyl (C=O) groups excluding carboxylic acids is 2. The number of esters is 1. The van der Waals surface area contributed by atoms with Crippen molar-refractivity contribution >= 4 is 23.9 Å². The van der Waals surface area contributed by atoms with Gasteiger partial charge < -0.3 is 4.74 Å². The fraction of sp³-hybridized carbons (Fsp3) is 0.500. The summed E-state index contributed by atoms with van der Waals surface area (Å²) in [7, 11) is 0. The van der Waals surface area contributed by atoms with Gasteiger partial charge in [0, 0.05) is 0 Å². The van der Waals surface area contributed by atoms with Crippen molar-refractivity contribution < 1.29 is 14.3 Å². The summed E-state index contributed by atoms with van der Waals surface area (Å²) in [4.78, 5) is 28.7. The van der Waals surface area contributed by atoms with Crippen LogP contribution in [0.4, 0.5) is 0 Å². The highest BCUT2D eigenvalue weighted by molar-refractivity contribution is 6.66. The van der Waals surface area contributed by atoms with Crippen LogP contribution in [0.1, 0.15) is 19.8 Å². The number of nitrogens with zero attached hydrogens (tertiary/aromatic N) is 2. The number of hydrogen-bond donors (Lipinski definition) is 0. The Morgan fingerprint density at radius 2 is 2.38 bits per heavy atom. The molecule has 1 rings (SSSR count). The summed E-state index contributed by atoms with van der Waals surface area (Å²) in [6.07, 6.45) is 2.77. The van der Waals surface area contributed by atoms with E-state index in [1.165, 1.54) is 0 Å². The Hall–Kier alpha value is -1.52. The molecule has 70 valence electrons. The van der Waals surface area contributed by atoms with E-state index in [0.29, 0.717) is 6.61 Å². The van der Waals surface area contributed by atoms with Gasteiger partial charge in [-0.2, -0.15) is 4.99 Å². The van der Waals surface area contributed by atoms with Crippen LogP contribution < -0.4 is 0 Å². The van der Waals surface area contributed by atoms with Crippen LogP contribution in [0.25, 0.3) is 0 Å². The third kappa shape index (κ3) is 2.47. The van der Waals surface area contributed by atoms with Crippen LogP contribution in [0.2, 0.25) is 0 Å². The van der Waals surface area contributed by atoms with Crippen molar-refractivity contribution in [3.05, 3.63) is 0 Å². The number of unbranched alkanes of at least 4 members (excludes halogenated alkanes) is 1. The molecule has 0 aromatic carbocycles. The number of amides is 1. The maximum absolute atomic E-state index is 11.1. The van der Waals surface area contributed by atoms with Crippen molar-refractivity contribution in [2.45, 2.75) is 19.8 Å². The zero-order valence-corrected chi connectivity index (χ0v) is 7.32. The first-order chi connectivity index (χ1) is 6.25. The molecule has 0 saturated heterocycles. The Kier molecular flexibility index (Phi) is 3.31. The van der Waals surface area contributed by atoms with Gasteiger partial charge in [0.05, 0.1) is 6.61 Å². The van der Waals surface area contributed by atoms with Gasteiger partial charge in [0.25, 0.3) is 0 Å². The molecule has 5 nitrogen and oxygen atoms in total. The highest BCUT2D eigenvalue weighted by atomic mass is 16.5. The molecule has 5 heteroatoms. The molecule has 0 atom stereocenters. The standard InChI is InChI=1S/C8H10N2O3/c1-2-3-4-13-8(12)6-7(11)10-5-9-6/h5H,2-4H2,1H3. The van der Waals surface area contributed by atoms with Crippen molar-refractivity contribution in [3.63, 3.8) is 0 Å². The Bertz CT molecular complexity index is 281. The van der Waals surface area contributed by atoms with Crippen LogP contribution in [0.5, 0.6) is 0 Å². The SMILES string of the molecule is CCCCOC(=O)C1=NC=NC1=O. The first kappa shape index (κ1) is 9.57. The minimum absolute atomic E-state index is 0.226. The van der Waals surface area contributed by atoms with Gasteiger partial charge >= 0.3 is 11.9 Å². The van der Waals surface area contributed by atoms with Crippen LogP contribution in [-0.2, 0) is 14.3 Å². The molecule has 0 spiro atoms. The smallest absolute Gasteiger partial charge is 0.362 e. The molecule has 0 aromatic rings. The van der Waals surface area contributed by atoms with Gasteiger partial charge in [-0.25, -0.2) is 9.79 Å². The summed E-state index contributed by atoms with van der Waals surface area (Å²) in [5.74, 6) is -1.31. The van der Waals surface area contributed by atoms with E-state index in [0.717, 1.165) is 19.2 Å². The second-order valence-electron chi connectivity index (χ2n) is 2.52. The number of rotatable bonds is 4. The lowest BCUT2D eigenvalue weighted by atomic mass is 10.3. The van der Waals surface area contributed by atoms with E-state index in [1.807, 2.05) is 6.92 Å². The summed E-state index contributed by atoms with van der Waals surface area (Å²) < 4.78 is 4.77. The molecule has 1 aliphatic heterocycles. The third-order valence-corrected chi connectivity index (χ3v) is 1.49. The average Bonchev–Trinajstić information content (AvgIpc) is 2.52. The molecule has 1 heterocycles. The molecule has 1 aliphatic rings. The first-order valence-corrected chi connectivity index (χ1v) is 4.07. The molecule has 1 amide bonds. The van der Waals surface area contributed by atoms with Gasteiger partial charge in [-0.1, -0.05) is 13.3 Å². The van der Waals surface area contributed by atoms with E-state index in [1.54, 1.807) is 0 Å². The van der Waals surface area contributed by atoms with Gasteiger partial charge in [-0.05, 0) is 6.42 Å². The van der Waals surface area contributed by atoms with Crippen molar-refractivity contribution in [1.82, 2.24) is 0 Å². The van der Waals surface area contributed by atoms with Gasteiger partial charge in [0.1, 0.15) is 6.34 Å². The second kappa shape index (κ2) is 4.49. The van der Waals surface area contributed by atoms with E-state index < -0.39 is 11.9 Å². The highest BCUT2D eigenvalue weighted by Gasteiger charge is 2.23. The lowest BCUT2D eigenvalue weighted by Crippen LogP contribution is -2.23. The molecule has 0 aromatic heterocycles. The van der Waals surface area contributed by atoms with E-state index in [2.05, 4.69) is 9.98 Å². The Labute approximate surface area is 75.5 Å². The van der Waals surface area contributed by atoms with E-state index in [9.17, 15) is 9.59 Å². The summed E-state index contributed by atoms with van der Waals surface area (Å²) in [6.45, 7) is 2.30. The molecule has 0 N–H and O–H groups in total. The van der Waals surface area contributed by atoms with Crippen molar-refractivity contribution in [2.75, 3.05) is 6.61 Å². The average molecular weight is 182 g/mol. The third-order valence-electron chi connectivity index (χ3n) is 1.49. The fourth-order valence-electron chi connectivity index (χ4n) is 0.773. The molecule has 13 heavy (non-hydrogen) atoms. The van der Waals surface area contributed by atoms with Crippen LogP contribution in [0.3, 0.4) is 0 Å². The fourth-order valence-corrected chi connectivity index (χ4v) is 0.773. The largest absolute Gasteiger partial charge is 0.461 e. The molecule has 0 saturated carbocycles. The number of carbonyl (C=O) groups is 2. The van der Waals surface area contributed by atoms with Gasteiger partial charge in [-0.3, -0.25) is 4.79 Å². The van der Waals surface area contributed by atoms with Crippen molar-refractivity contribution in [3.8, 4) is 0 Å². The highest BCUT2D eigenvalue weighted by Crippen LogP contribution is 1.96. The minimum atomic E-state index is -0.684. The lowest BCUT2D eigenvalue weighted by molar-refractivity contribution is -0.136. The number of ether oxygens (including phenoxy) is 1. The van der Waals surface area contributed by atoms with E-state index in [-0.39, 0.29) is 5.71 Å². The Morgan fingerprint density at radius 3 is 2.92 bits per heavy atom. The van der Waals surface area contributed by atoms with Crippen LogP contribution in [0, 0.1) is 0 Å². The second-order valence-corrected chi connectivity index (χ2v) is 2.52. The van der Waals surface area contributed by atoms with Gasteiger partial charge in [0.15, 0.2) is 0 Å². The molecular formula is C8H10N2O3. The maximum atomic E-state index is 11.1. The molecule has 0 radical (unpaired) electrons. The van der Waals surface area contributed by atoms with Crippen molar-refractivity contribution in [2.24, 2.45) is 9.98 Å². The quantitative estimate of drug-likeness (QED) is 0.465. The molecular weight excluding hydrogens is 172 g/mol. The predicted molar refractivity (Wildman–Crippen MR) is 46.8 cm³/mol. The zero-order chi connectivity index (χ0) is 9.68. The van der Waals surface area contributed by atoms with Gasteiger partial charge in [0.2, 0.25) is 5.71 Å². The number of hydrogen-bond acceptors (Lipinski definition) is 4. The van der Waals surface area contributed by atoms with Gasteiger partial charge in [-0.15, -0.1) is 0 Å². The van der Waals surface area contributed by atoms with E-state index >= 15 is 0 Å². The molecule has 0 fully saturated rings. The molecule has 0 bridgehead atoms. The van der Waals surface area contributed by atoms with E-state index in [4.69, 9.17) is 4.74 Å². The summed E-state index contributed by atoms with van der Waals surface area (Å²) >= 11 is 0. The first-order valence-electron chi connectivity index (χ1n) is 4.07. The minimum Gasteiger partial charge on any atom is -0.461 e. The summed E-state index contributed by atoms with van der Waals surface area (Å²) in [5, 5.41) is 0. The summed E-state index contributed by atoms with van der Waals surface area (Å²) in [6, 6.07) is 0. The predicted octanol–water partition coefficient (Wildman–Crippen LogP) is 0.339.